The minimum atomic E-state index is 0.329. The highest BCUT2D eigenvalue weighted by Crippen LogP contribution is 2.11. The van der Waals surface area contributed by atoms with Crippen LogP contribution in [-0.4, -0.2) is 11.7 Å². The van der Waals surface area contributed by atoms with Gasteiger partial charge in [-0.3, -0.25) is 0 Å². The van der Waals surface area contributed by atoms with E-state index in [-0.39, 0.29) is 0 Å². The first-order chi connectivity index (χ1) is 9.11. The molecule has 2 rings (SSSR count). The van der Waals surface area contributed by atoms with E-state index in [4.69, 9.17) is 9.84 Å². The topological polar surface area (TPSA) is 29.5 Å². The largest absolute Gasteiger partial charge is 0.508 e. The lowest BCUT2D eigenvalue weighted by Crippen LogP contribution is -1.94. The molecule has 102 valence electrons. The van der Waals surface area contributed by atoms with Crippen LogP contribution in [0.1, 0.15) is 24.5 Å². The van der Waals surface area contributed by atoms with Gasteiger partial charge in [-0.1, -0.05) is 42.3 Å². The molecule has 2 aromatic carbocycles. The van der Waals surface area contributed by atoms with Crippen molar-refractivity contribution in [1.82, 2.24) is 0 Å². The lowest BCUT2D eigenvalue weighted by molar-refractivity contribution is 0.317. The van der Waals surface area contributed by atoms with Crippen molar-refractivity contribution in [2.24, 2.45) is 0 Å². The fourth-order valence-corrected chi connectivity index (χ4v) is 1.40. The Labute approximate surface area is 115 Å². The van der Waals surface area contributed by atoms with Crippen LogP contribution in [0, 0.1) is 13.8 Å². The molecule has 0 spiro atoms. The van der Waals surface area contributed by atoms with Gasteiger partial charge in [0.15, 0.2) is 0 Å². The molecule has 2 aromatic rings. The third-order valence-electron chi connectivity index (χ3n) is 2.53. The number of hydrogen-bond donors (Lipinski definition) is 1. The lowest BCUT2D eigenvalue weighted by Gasteiger charge is -2.03. The van der Waals surface area contributed by atoms with Crippen LogP contribution in [0.2, 0.25) is 0 Å². The van der Waals surface area contributed by atoms with Crippen molar-refractivity contribution in [2.45, 2.75) is 27.2 Å². The van der Waals surface area contributed by atoms with E-state index in [0.717, 1.165) is 18.8 Å². The quantitative estimate of drug-likeness (QED) is 0.879. The summed E-state index contributed by atoms with van der Waals surface area (Å²) in [6, 6.07) is 15.2. The summed E-state index contributed by atoms with van der Waals surface area (Å²) in [7, 11) is 0. The van der Waals surface area contributed by atoms with Crippen molar-refractivity contribution in [3.8, 4) is 11.5 Å². The Morgan fingerprint density at radius 2 is 1.32 bits per heavy atom. The summed E-state index contributed by atoms with van der Waals surface area (Å²) in [5.74, 6) is 1.30. The molecule has 0 fully saturated rings. The fourth-order valence-electron chi connectivity index (χ4n) is 1.40. The van der Waals surface area contributed by atoms with Gasteiger partial charge < -0.3 is 9.84 Å². The zero-order chi connectivity index (χ0) is 14.1. The summed E-state index contributed by atoms with van der Waals surface area (Å²) in [4.78, 5) is 0. The zero-order valence-corrected chi connectivity index (χ0v) is 11.9. The van der Waals surface area contributed by atoms with Gasteiger partial charge in [-0.05, 0) is 44.5 Å². The van der Waals surface area contributed by atoms with Gasteiger partial charge in [0.2, 0.25) is 0 Å². The van der Waals surface area contributed by atoms with Crippen LogP contribution in [0.3, 0.4) is 0 Å². The number of rotatable bonds is 3. The Balaban J connectivity index is 0.000000200. The van der Waals surface area contributed by atoms with E-state index in [1.807, 2.05) is 31.2 Å². The molecule has 2 nitrogen and oxygen atoms in total. The molecule has 0 bridgehead atoms. The van der Waals surface area contributed by atoms with Crippen LogP contribution >= 0.6 is 0 Å². The van der Waals surface area contributed by atoms with Crippen molar-refractivity contribution >= 4 is 0 Å². The molecule has 0 aromatic heterocycles. The second kappa shape index (κ2) is 8.20. The van der Waals surface area contributed by atoms with Gasteiger partial charge in [-0.25, -0.2) is 0 Å². The molecule has 0 aliphatic rings. The fraction of sp³-hybridized carbons (Fsp3) is 0.294. The predicted molar refractivity (Wildman–Crippen MR) is 79.8 cm³/mol. The van der Waals surface area contributed by atoms with Crippen molar-refractivity contribution in [2.75, 3.05) is 6.61 Å². The Morgan fingerprint density at radius 3 is 1.74 bits per heavy atom. The summed E-state index contributed by atoms with van der Waals surface area (Å²) < 4.78 is 5.41. The van der Waals surface area contributed by atoms with E-state index < -0.39 is 0 Å². The van der Waals surface area contributed by atoms with Crippen LogP contribution < -0.4 is 4.74 Å². The molecule has 1 N–H and O–H groups in total. The van der Waals surface area contributed by atoms with Crippen LogP contribution in [0.25, 0.3) is 0 Å². The minimum absolute atomic E-state index is 0.329. The Bertz CT molecular complexity index is 437. The van der Waals surface area contributed by atoms with Gasteiger partial charge in [0.05, 0.1) is 6.61 Å². The van der Waals surface area contributed by atoms with Crippen LogP contribution in [0.5, 0.6) is 11.5 Å². The highest BCUT2D eigenvalue weighted by molar-refractivity contribution is 5.26. The summed E-state index contributed by atoms with van der Waals surface area (Å²) >= 11 is 0. The Hall–Kier alpha value is -1.96. The second-order valence-electron chi connectivity index (χ2n) is 4.50. The summed E-state index contributed by atoms with van der Waals surface area (Å²) in [6.07, 6.45) is 1.06. The lowest BCUT2D eigenvalue weighted by atomic mass is 10.2. The molecule has 19 heavy (non-hydrogen) atoms. The number of phenolic OH excluding ortho intramolecular Hbond substituents is 1. The zero-order valence-electron chi connectivity index (χ0n) is 11.9. The van der Waals surface area contributed by atoms with E-state index in [1.54, 1.807) is 12.1 Å². The molecule has 0 saturated heterocycles. The summed E-state index contributed by atoms with van der Waals surface area (Å²) in [6.45, 7) is 6.97. The maximum Gasteiger partial charge on any atom is 0.119 e. The monoisotopic (exact) mass is 258 g/mol. The molecule has 0 aliphatic heterocycles. The summed E-state index contributed by atoms with van der Waals surface area (Å²) in [5, 5.41) is 8.76. The van der Waals surface area contributed by atoms with E-state index >= 15 is 0 Å². The van der Waals surface area contributed by atoms with Crippen LogP contribution in [0.15, 0.2) is 48.5 Å². The number of phenols is 1. The maximum atomic E-state index is 8.76. The smallest absolute Gasteiger partial charge is 0.119 e. The number of ether oxygens (including phenoxy) is 1. The molecular formula is C17H22O2. The first kappa shape index (κ1) is 15.1. The molecule has 0 unspecified atom stereocenters. The van der Waals surface area contributed by atoms with Crippen molar-refractivity contribution in [1.29, 1.82) is 0 Å². The van der Waals surface area contributed by atoms with Gasteiger partial charge in [-0.2, -0.15) is 0 Å². The average Bonchev–Trinajstić information content (AvgIpc) is 2.42. The minimum Gasteiger partial charge on any atom is -0.508 e. The SMILES string of the molecule is CCCOc1ccc(C)cc1.Cc1ccc(O)cc1. The number of aromatic hydroxyl groups is 1. The molecule has 0 heterocycles. The molecule has 0 atom stereocenters. The number of hydrogen-bond acceptors (Lipinski definition) is 2. The molecule has 2 heteroatoms. The van der Waals surface area contributed by atoms with E-state index in [0.29, 0.717) is 5.75 Å². The van der Waals surface area contributed by atoms with E-state index in [9.17, 15) is 0 Å². The van der Waals surface area contributed by atoms with E-state index in [2.05, 4.69) is 26.0 Å². The average molecular weight is 258 g/mol. The Kier molecular flexibility index (Phi) is 6.51. The first-order valence-electron chi connectivity index (χ1n) is 6.57. The maximum absolute atomic E-state index is 8.76. The van der Waals surface area contributed by atoms with Crippen molar-refractivity contribution < 1.29 is 9.84 Å². The number of benzene rings is 2. The van der Waals surface area contributed by atoms with Gasteiger partial charge in [0.25, 0.3) is 0 Å². The molecule has 0 saturated carbocycles. The highest BCUT2D eigenvalue weighted by atomic mass is 16.5. The standard InChI is InChI=1S/C10H14O.C7H8O/c1-3-8-11-10-6-4-9(2)5-7-10;1-6-2-4-7(8)5-3-6/h4-7H,3,8H2,1-2H3;2-5,8H,1H3. The molecular weight excluding hydrogens is 236 g/mol. The van der Waals surface area contributed by atoms with E-state index in [1.165, 1.54) is 11.1 Å². The second-order valence-corrected chi connectivity index (χ2v) is 4.50. The van der Waals surface area contributed by atoms with Gasteiger partial charge in [0, 0.05) is 0 Å². The van der Waals surface area contributed by atoms with Crippen LogP contribution in [-0.2, 0) is 0 Å². The summed E-state index contributed by atoms with van der Waals surface area (Å²) in [5.41, 5.74) is 2.44. The van der Waals surface area contributed by atoms with Crippen molar-refractivity contribution in [3.63, 3.8) is 0 Å². The first-order valence-corrected chi connectivity index (χ1v) is 6.57. The van der Waals surface area contributed by atoms with Crippen molar-refractivity contribution in [3.05, 3.63) is 59.7 Å². The van der Waals surface area contributed by atoms with Crippen LogP contribution in [0.4, 0.5) is 0 Å². The van der Waals surface area contributed by atoms with Gasteiger partial charge in [-0.15, -0.1) is 0 Å². The molecule has 0 radical (unpaired) electrons. The normalized spacial score (nSPS) is 9.42. The predicted octanol–water partition coefficient (Wildman–Crippen LogP) is 4.48. The third-order valence-corrected chi connectivity index (χ3v) is 2.53. The molecule has 0 aliphatic carbocycles. The Morgan fingerprint density at radius 1 is 0.842 bits per heavy atom. The number of aryl methyl sites for hydroxylation is 2. The molecule has 0 amide bonds. The van der Waals surface area contributed by atoms with Gasteiger partial charge in [0.1, 0.15) is 11.5 Å². The van der Waals surface area contributed by atoms with Gasteiger partial charge >= 0.3 is 0 Å². The third kappa shape index (κ3) is 6.51. The highest BCUT2D eigenvalue weighted by Gasteiger charge is 1.89.